The molecular weight excluding hydrogens is 231 g/mol. The van der Waals surface area contributed by atoms with Gasteiger partial charge in [-0.15, -0.1) is 13.2 Å². The van der Waals surface area contributed by atoms with Crippen LogP contribution in [-0.4, -0.2) is 23.6 Å². The maximum atomic E-state index is 11.9. The number of aromatic amines is 1. The number of alkyl halides is 3. The summed E-state index contributed by atoms with van der Waals surface area (Å²) in [5, 5.41) is 8.80. The lowest BCUT2D eigenvalue weighted by Gasteiger charge is -2.12. The van der Waals surface area contributed by atoms with Gasteiger partial charge in [-0.05, 0) is 6.07 Å². The van der Waals surface area contributed by atoms with Crippen LogP contribution in [0.5, 0.6) is 11.6 Å². The van der Waals surface area contributed by atoms with Gasteiger partial charge in [0.25, 0.3) is 5.56 Å². The van der Waals surface area contributed by atoms with Crippen molar-refractivity contribution in [2.45, 2.75) is 13.0 Å². The van der Waals surface area contributed by atoms with E-state index in [-0.39, 0.29) is 11.3 Å². The Labute approximate surface area is 87.4 Å². The lowest BCUT2D eigenvalue weighted by atomic mass is 10.3. The second-order valence-electron chi connectivity index (χ2n) is 2.73. The zero-order chi connectivity index (χ0) is 12.3. The van der Waals surface area contributed by atoms with Crippen molar-refractivity contribution in [2.24, 2.45) is 0 Å². The highest BCUT2D eigenvalue weighted by molar-refractivity contribution is 5.33. The van der Waals surface area contributed by atoms with Crippen molar-refractivity contribution in [3.63, 3.8) is 0 Å². The molecule has 2 N–H and O–H groups in total. The Morgan fingerprint density at radius 1 is 1.50 bits per heavy atom. The highest BCUT2D eigenvalue weighted by atomic mass is 19.4. The van der Waals surface area contributed by atoms with Crippen LogP contribution >= 0.6 is 0 Å². The van der Waals surface area contributed by atoms with Gasteiger partial charge in [0.05, 0.1) is 13.7 Å². The number of methoxy groups -OCH3 is 1. The maximum absolute atomic E-state index is 11.9. The summed E-state index contributed by atoms with van der Waals surface area (Å²) in [6.45, 7) is -0.724. The number of H-pyrrole nitrogens is 1. The van der Waals surface area contributed by atoms with Gasteiger partial charge in [0.1, 0.15) is 0 Å². The standard InChI is InChI=1S/C8H8F3NO4/c1-15-5-2-4(3-13)7(12-6(5)14)16-8(9,10)11/h2,13H,3H2,1H3,(H,12,14). The van der Waals surface area contributed by atoms with Crippen molar-refractivity contribution >= 4 is 0 Å². The van der Waals surface area contributed by atoms with E-state index in [2.05, 4.69) is 9.47 Å². The molecule has 1 aromatic heterocycles. The minimum absolute atomic E-state index is 0.210. The highest BCUT2D eigenvalue weighted by Crippen LogP contribution is 2.24. The molecule has 90 valence electrons. The number of aliphatic hydroxyl groups is 1. The molecule has 8 heteroatoms. The molecule has 0 aliphatic heterocycles. The average Bonchev–Trinajstić information content (AvgIpc) is 2.16. The molecule has 0 aromatic carbocycles. The molecule has 0 aliphatic rings. The Balaban J connectivity index is 3.19. The summed E-state index contributed by atoms with van der Waals surface area (Å²) in [4.78, 5) is 12.9. The van der Waals surface area contributed by atoms with Crippen LogP contribution in [-0.2, 0) is 6.61 Å². The van der Waals surface area contributed by atoms with Gasteiger partial charge in [-0.2, -0.15) is 0 Å². The summed E-state index contributed by atoms with van der Waals surface area (Å²) in [5.74, 6) is -1.06. The van der Waals surface area contributed by atoms with E-state index < -0.39 is 24.4 Å². The summed E-state index contributed by atoms with van der Waals surface area (Å²) in [6, 6.07) is 0.972. The van der Waals surface area contributed by atoms with Crippen LogP contribution in [0.3, 0.4) is 0 Å². The molecule has 1 heterocycles. The smallest absolute Gasteiger partial charge is 0.491 e. The molecule has 0 aliphatic carbocycles. The Bertz CT molecular complexity index is 426. The van der Waals surface area contributed by atoms with Crippen molar-refractivity contribution in [3.05, 3.63) is 22.0 Å². The lowest BCUT2D eigenvalue weighted by Crippen LogP contribution is -2.22. The topological polar surface area (TPSA) is 71.5 Å². The number of nitrogens with one attached hydrogen (secondary N) is 1. The molecule has 0 radical (unpaired) electrons. The molecule has 0 fully saturated rings. The Morgan fingerprint density at radius 2 is 2.12 bits per heavy atom. The van der Waals surface area contributed by atoms with Crippen LogP contribution in [0, 0.1) is 0 Å². The molecule has 0 saturated carbocycles. The van der Waals surface area contributed by atoms with E-state index in [1.54, 1.807) is 0 Å². The minimum Gasteiger partial charge on any atom is -0.491 e. The highest BCUT2D eigenvalue weighted by Gasteiger charge is 2.32. The molecule has 0 atom stereocenters. The van der Waals surface area contributed by atoms with Gasteiger partial charge in [0.15, 0.2) is 5.75 Å². The van der Waals surface area contributed by atoms with Crippen LogP contribution in [0.1, 0.15) is 5.56 Å². The van der Waals surface area contributed by atoms with Crippen LogP contribution in [0.2, 0.25) is 0 Å². The number of ether oxygens (including phenoxy) is 2. The number of hydrogen-bond acceptors (Lipinski definition) is 4. The van der Waals surface area contributed by atoms with Crippen LogP contribution in [0.15, 0.2) is 10.9 Å². The largest absolute Gasteiger partial charge is 0.574 e. The van der Waals surface area contributed by atoms with E-state index in [9.17, 15) is 18.0 Å². The van der Waals surface area contributed by atoms with Gasteiger partial charge in [-0.1, -0.05) is 0 Å². The molecule has 5 nitrogen and oxygen atoms in total. The molecule has 0 saturated heterocycles. The fourth-order valence-electron chi connectivity index (χ4n) is 1.01. The Morgan fingerprint density at radius 3 is 2.56 bits per heavy atom. The third-order valence-electron chi connectivity index (χ3n) is 1.66. The third-order valence-corrected chi connectivity index (χ3v) is 1.66. The van der Waals surface area contributed by atoms with Crippen molar-refractivity contribution < 1.29 is 27.8 Å². The first-order valence-electron chi connectivity index (χ1n) is 4.04. The van der Waals surface area contributed by atoms with Gasteiger partial charge in [-0.25, -0.2) is 0 Å². The molecule has 1 rings (SSSR count). The summed E-state index contributed by atoms with van der Waals surface area (Å²) < 4.78 is 43.9. The summed E-state index contributed by atoms with van der Waals surface area (Å²) in [5.41, 5.74) is -1.10. The number of halogens is 3. The fourth-order valence-corrected chi connectivity index (χ4v) is 1.01. The monoisotopic (exact) mass is 239 g/mol. The summed E-state index contributed by atoms with van der Waals surface area (Å²) >= 11 is 0. The third kappa shape index (κ3) is 2.89. The first-order chi connectivity index (χ1) is 7.37. The zero-order valence-corrected chi connectivity index (χ0v) is 8.09. The normalized spacial score (nSPS) is 11.3. The number of aromatic nitrogens is 1. The predicted molar refractivity (Wildman–Crippen MR) is 46.2 cm³/mol. The second-order valence-corrected chi connectivity index (χ2v) is 2.73. The molecule has 16 heavy (non-hydrogen) atoms. The van der Waals surface area contributed by atoms with Crippen LogP contribution in [0.25, 0.3) is 0 Å². The molecule has 1 aromatic rings. The molecule has 0 amide bonds. The first kappa shape index (κ1) is 12.4. The SMILES string of the molecule is COc1cc(CO)c(OC(F)(F)F)[nH]c1=O. The second kappa shape index (κ2) is 4.44. The van der Waals surface area contributed by atoms with E-state index in [0.717, 1.165) is 6.07 Å². The molecule has 0 spiro atoms. The Hall–Kier alpha value is -1.70. The lowest BCUT2D eigenvalue weighted by molar-refractivity contribution is -0.276. The predicted octanol–water partition coefficient (Wildman–Crippen LogP) is 0.774. The van der Waals surface area contributed by atoms with Gasteiger partial charge in [-0.3, -0.25) is 9.78 Å². The van der Waals surface area contributed by atoms with Gasteiger partial charge < -0.3 is 14.6 Å². The first-order valence-corrected chi connectivity index (χ1v) is 4.04. The van der Waals surface area contributed by atoms with Crippen molar-refractivity contribution in [1.82, 2.24) is 4.98 Å². The zero-order valence-electron chi connectivity index (χ0n) is 8.09. The van der Waals surface area contributed by atoms with Gasteiger partial charge in [0, 0.05) is 5.56 Å². The Kier molecular flexibility index (Phi) is 3.43. The molecule has 0 bridgehead atoms. The van der Waals surface area contributed by atoms with E-state index in [0.29, 0.717) is 0 Å². The number of aliphatic hydroxyl groups excluding tert-OH is 1. The number of rotatable bonds is 3. The minimum atomic E-state index is -4.94. The van der Waals surface area contributed by atoms with Gasteiger partial charge in [0.2, 0.25) is 5.88 Å². The van der Waals surface area contributed by atoms with E-state index >= 15 is 0 Å². The molecule has 0 unspecified atom stereocenters. The number of pyridine rings is 1. The quantitative estimate of drug-likeness (QED) is 0.817. The van der Waals surface area contributed by atoms with Crippen LogP contribution < -0.4 is 15.0 Å². The average molecular weight is 239 g/mol. The fraction of sp³-hybridized carbons (Fsp3) is 0.375. The van der Waals surface area contributed by atoms with Crippen molar-refractivity contribution in [1.29, 1.82) is 0 Å². The van der Waals surface area contributed by atoms with E-state index in [1.165, 1.54) is 7.11 Å². The maximum Gasteiger partial charge on any atom is 0.574 e. The van der Waals surface area contributed by atoms with Crippen molar-refractivity contribution in [3.8, 4) is 11.6 Å². The van der Waals surface area contributed by atoms with Gasteiger partial charge >= 0.3 is 6.36 Å². The van der Waals surface area contributed by atoms with E-state index in [1.807, 2.05) is 4.98 Å². The summed E-state index contributed by atoms with van der Waals surface area (Å²) in [7, 11) is 1.18. The van der Waals surface area contributed by atoms with Crippen molar-refractivity contribution in [2.75, 3.05) is 7.11 Å². The summed E-state index contributed by atoms with van der Waals surface area (Å²) in [6.07, 6.45) is -4.94. The van der Waals surface area contributed by atoms with Crippen LogP contribution in [0.4, 0.5) is 13.2 Å². The molecular formula is C8H8F3NO4. The number of hydrogen-bond donors (Lipinski definition) is 2. The van der Waals surface area contributed by atoms with E-state index in [4.69, 9.17) is 5.11 Å².